The molecule has 4 nitrogen and oxygen atoms in total. The van der Waals surface area contributed by atoms with Gasteiger partial charge in [0.2, 0.25) is 0 Å². The summed E-state index contributed by atoms with van der Waals surface area (Å²) in [6.45, 7) is 18.4. The Labute approximate surface area is 166 Å². The summed E-state index contributed by atoms with van der Waals surface area (Å²) < 4.78 is 5.93. The van der Waals surface area contributed by atoms with Gasteiger partial charge in [0.1, 0.15) is 5.76 Å². The molecule has 156 valence electrons. The highest BCUT2D eigenvalue weighted by atomic mass is 16.6. The molecule has 27 heavy (non-hydrogen) atoms. The average Bonchev–Trinajstić information content (AvgIpc) is 2.97. The molecule has 0 radical (unpaired) electrons. The third-order valence-electron chi connectivity index (χ3n) is 5.15. The molecule has 0 aliphatic heterocycles. The van der Waals surface area contributed by atoms with Crippen LogP contribution in [-0.2, 0) is 4.74 Å². The number of nitrogens with zero attached hydrogens (tertiary/aromatic N) is 1. The van der Waals surface area contributed by atoms with Crippen molar-refractivity contribution in [3.8, 4) is 0 Å². The van der Waals surface area contributed by atoms with Crippen molar-refractivity contribution in [2.24, 2.45) is 17.3 Å². The lowest BCUT2D eigenvalue weighted by molar-refractivity contribution is 0.0246. The average molecular weight is 380 g/mol. The highest BCUT2D eigenvalue weighted by molar-refractivity contribution is 5.70. The zero-order valence-corrected chi connectivity index (χ0v) is 18.9. The maximum Gasteiger partial charge on any atom is 0.415 e. The van der Waals surface area contributed by atoms with E-state index < -0.39 is 6.10 Å². The number of aliphatic hydroxyl groups is 1. The van der Waals surface area contributed by atoms with Crippen molar-refractivity contribution in [3.05, 3.63) is 23.5 Å². The lowest BCUT2D eigenvalue weighted by atomic mass is 9.78. The van der Waals surface area contributed by atoms with Crippen molar-refractivity contribution >= 4 is 6.09 Å². The number of ether oxygens (including phenoxy) is 1. The van der Waals surface area contributed by atoms with Gasteiger partial charge in [0.05, 0.1) is 6.10 Å². The molecule has 1 saturated carbocycles. The van der Waals surface area contributed by atoms with Gasteiger partial charge in [0.25, 0.3) is 0 Å². The molecular formula is C23H41NO3. The summed E-state index contributed by atoms with van der Waals surface area (Å²) in [4.78, 5) is 14.6. The first-order valence-corrected chi connectivity index (χ1v) is 10.5. The van der Waals surface area contributed by atoms with E-state index in [0.29, 0.717) is 11.7 Å². The number of aliphatic hydroxyl groups excluding tert-OH is 1. The summed E-state index contributed by atoms with van der Waals surface area (Å²) >= 11 is 0. The molecule has 0 spiro atoms. The Bertz CT molecular complexity index is 544. The number of allylic oxidation sites excluding steroid dienone is 2. The van der Waals surface area contributed by atoms with E-state index in [1.54, 1.807) is 4.90 Å². The summed E-state index contributed by atoms with van der Waals surface area (Å²) in [6, 6.07) is 0.134. The number of amides is 1. The van der Waals surface area contributed by atoms with Crippen LogP contribution in [0.5, 0.6) is 0 Å². The van der Waals surface area contributed by atoms with Crippen LogP contribution in [0, 0.1) is 17.3 Å². The van der Waals surface area contributed by atoms with Gasteiger partial charge in [0.15, 0.2) is 0 Å². The second-order valence-corrected chi connectivity index (χ2v) is 9.76. The van der Waals surface area contributed by atoms with Gasteiger partial charge in [-0.15, -0.1) is 0 Å². The minimum absolute atomic E-state index is 0.0381. The van der Waals surface area contributed by atoms with Gasteiger partial charge in [-0.25, -0.2) is 4.79 Å². The number of carbonyl (C=O) groups is 1. The standard InChI is InChI=1S/C23H41NO3/c1-15(2)13-14-20(27-22(26)24(16(3)4)17(5)6)18-11-10-12-19(18)21(25)23(7,8)9/h13-17,19,21,25H,10-12H2,1-9H3/b14-13+,20-18-/t19-,21-/m1/s1. The van der Waals surface area contributed by atoms with Crippen LogP contribution in [0.2, 0.25) is 0 Å². The molecule has 0 unspecified atom stereocenters. The molecule has 0 heterocycles. The summed E-state index contributed by atoms with van der Waals surface area (Å²) in [7, 11) is 0. The van der Waals surface area contributed by atoms with Crippen molar-refractivity contribution < 1.29 is 14.6 Å². The van der Waals surface area contributed by atoms with Crippen molar-refractivity contribution in [2.75, 3.05) is 0 Å². The van der Waals surface area contributed by atoms with E-state index in [4.69, 9.17) is 4.74 Å². The van der Waals surface area contributed by atoms with Gasteiger partial charge in [0, 0.05) is 18.0 Å². The molecule has 0 aromatic carbocycles. The van der Waals surface area contributed by atoms with E-state index in [-0.39, 0.29) is 29.5 Å². The molecule has 1 N–H and O–H groups in total. The summed E-state index contributed by atoms with van der Waals surface area (Å²) in [6.07, 6.45) is 6.04. The van der Waals surface area contributed by atoms with Crippen LogP contribution in [0.1, 0.15) is 81.6 Å². The van der Waals surface area contributed by atoms with Crippen LogP contribution in [0.15, 0.2) is 23.5 Å². The number of hydrogen-bond donors (Lipinski definition) is 1. The number of hydrogen-bond acceptors (Lipinski definition) is 3. The number of carbonyl (C=O) groups excluding carboxylic acids is 1. The minimum atomic E-state index is -0.456. The number of rotatable bonds is 6. The van der Waals surface area contributed by atoms with E-state index in [2.05, 4.69) is 40.7 Å². The predicted octanol–water partition coefficient (Wildman–Crippen LogP) is 5.92. The van der Waals surface area contributed by atoms with Gasteiger partial charge in [-0.3, -0.25) is 0 Å². The normalized spacial score (nSPS) is 21.4. The topological polar surface area (TPSA) is 49.8 Å². The summed E-state index contributed by atoms with van der Waals surface area (Å²) in [5.74, 6) is 1.03. The lowest BCUT2D eigenvalue weighted by Gasteiger charge is -2.33. The fourth-order valence-corrected chi connectivity index (χ4v) is 3.78. The van der Waals surface area contributed by atoms with Gasteiger partial charge >= 0.3 is 6.09 Å². The third kappa shape index (κ3) is 6.67. The Hall–Kier alpha value is -1.29. The van der Waals surface area contributed by atoms with E-state index in [1.807, 2.05) is 33.8 Å². The van der Waals surface area contributed by atoms with E-state index >= 15 is 0 Å². The van der Waals surface area contributed by atoms with Crippen molar-refractivity contribution in [2.45, 2.75) is 99.8 Å². The molecule has 0 bridgehead atoms. The molecule has 1 amide bonds. The van der Waals surface area contributed by atoms with Crippen LogP contribution in [0.4, 0.5) is 4.79 Å². The van der Waals surface area contributed by atoms with Crippen molar-refractivity contribution in [1.82, 2.24) is 4.90 Å². The maximum absolute atomic E-state index is 12.9. The quantitative estimate of drug-likeness (QED) is 0.583. The van der Waals surface area contributed by atoms with Crippen LogP contribution < -0.4 is 0 Å². The molecule has 2 atom stereocenters. The maximum atomic E-state index is 12.9. The Balaban J connectivity index is 3.27. The van der Waals surface area contributed by atoms with E-state index in [9.17, 15) is 9.90 Å². The molecular weight excluding hydrogens is 338 g/mol. The largest absolute Gasteiger partial charge is 0.415 e. The van der Waals surface area contributed by atoms with Gasteiger partial charge in [-0.1, -0.05) is 40.7 Å². The molecule has 1 aliphatic rings. The van der Waals surface area contributed by atoms with Gasteiger partial charge in [-0.2, -0.15) is 0 Å². The van der Waals surface area contributed by atoms with Crippen LogP contribution in [0.3, 0.4) is 0 Å². The Morgan fingerprint density at radius 1 is 1.15 bits per heavy atom. The van der Waals surface area contributed by atoms with E-state index in [1.165, 1.54) is 0 Å². The van der Waals surface area contributed by atoms with Crippen LogP contribution >= 0.6 is 0 Å². The smallest absolute Gasteiger partial charge is 0.410 e. The molecule has 1 rings (SSSR count). The first kappa shape index (κ1) is 23.7. The molecule has 0 aromatic rings. The zero-order chi connectivity index (χ0) is 20.9. The fourth-order valence-electron chi connectivity index (χ4n) is 3.78. The monoisotopic (exact) mass is 379 g/mol. The minimum Gasteiger partial charge on any atom is -0.410 e. The molecule has 0 aromatic heterocycles. The first-order chi connectivity index (χ1) is 12.4. The Morgan fingerprint density at radius 3 is 2.15 bits per heavy atom. The third-order valence-corrected chi connectivity index (χ3v) is 5.15. The molecule has 1 fully saturated rings. The molecule has 1 aliphatic carbocycles. The Kier molecular flexibility index (Phi) is 8.59. The van der Waals surface area contributed by atoms with Crippen molar-refractivity contribution in [3.63, 3.8) is 0 Å². The van der Waals surface area contributed by atoms with Crippen molar-refractivity contribution in [1.29, 1.82) is 0 Å². The second kappa shape index (κ2) is 9.77. The van der Waals surface area contributed by atoms with Crippen LogP contribution in [-0.4, -0.2) is 34.3 Å². The molecule has 0 saturated heterocycles. The van der Waals surface area contributed by atoms with Gasteiger partial charge in [-0.05, 0) is 69.9 Å². The first-order valence-electron chi connectivity index (χ1n) is 10.5. The van der Waals surface area contributed by atoms with Crippen LogP contribution in [0.25, 0.3) is 0 Å². The summed E-state index contributed by atoms with van der Waals surface area (Å²) in [5, 5.41) is 10.9. The summed E-state index contributed by atoms with van der Waals surface area (Å²) in [5.41, 5.74) is 0.870. The molecule has 4 heteroatoms. The second-order valence-electron chi connectivity index (χ2n) is 9.76. The van der Waals surface area contributed by atoms with Gasteiger partial charge < -0.3 is 14.7 Å². The highest BCUT2D eigenvalue weighted by Crippen LogP contribution is 2.41. The highest BCUT2D eigenvalue weighted by Gasteiger charge is 2.37. The van der Waals surface area contributed by atoms with E-state index in [0.717, 1.165) is 24.8 Å². The fraction of sp³-hybridized carbons (Fsp3) is 0.783. The lowest BCUT2D eigenvalue weighted by Crippen LogP contribution is -2.42. The Morgan fingerprint density at radius 2 is 1.70 bits per heavy atom. The SMILES string of the molecule is CC(C)/C=C/C(OC(=O)N(C(C)C)C(C)C)=C1\CCC[C@H]1[C@@H](O)C(C)(C)C. The predicted molar refractivity (Wildman–Crippen MR) is 112 cm³/mol. The zero-order valence-electron chi connectivity index (χ0n) is 18.9.